The van der Waals surface area contributed by atoms with E-state index in [0.29, 0.717) is 35.6 Å². The van der Waals surface area contributed by atoms with Gasteiger partial charge in [-0.3, -0.25) is 0 Å². The van der Waals surface area contributed by atoms with Crippen molar-refractivity contribution in [3.63, 3.8) is 0 Å². The van der Waals surface area contributed by atoms with Gasteiger partial charge in [0.05, 0.1) is 11.6 Å². The number of para-hydroxylation sites is 1. The highest BCUT2D eigenvalue weighted by atomic mass is 35.5. The van der Waals surface area contributed by atoms with Gasteiger partial charge in [-0.15, -0.1) is 0 Å². The van der Waals surface area contributed by atoms with Crippen molar-refractivity contribution < 1.29 is 14.4 Å². The largest absolute Gasteiger partial charge is 0.489 e. The molecule has 7 heteroatoms. The smallest absolute Gasteiger partial charge is 0.240 e. The zero-order valence-electron chi connectivity index (χ0n) is 11.0. The number of hydrogen-bond donors (Lipinski definition) is 2. The molecule has 0 amide bonds. The van der Waals surface area contributed by atoms with Crippen LogP contribution in [0.3, 0.4) is 0 Å². The third-order valence-corrected chi connectivity index (χ3v) is 2.81. The molecule has 0 saturated carbocycles. The summed E-state index contributed by atoms with van der Waals surface area (Å²) in [7, 11) is 0. The Morgan fingerprint density at radius 3 is 2.95 bits per heavy atom. The highest BCUT2D eigenvalue weighted by molar-refractivity contribution is 6.32. The molecular formula is C13H16ClN3O3. The van der Waals surface area contributed by atoms with E-state index in [1.165, 1.54) is 0 Å². The van der Waals surface area contributed by atoms with Gasteiger partial charge >= 0.3 is 0 Å². The molecule has 1 unspecified atom stereocenters. The number of aromatic nitrogens is 2. The summed E-state index contributed by atoms with van der Waals surface area (Å²) in [4.78, 5) is 4.04. The minimum absolute atomic E-state index is 0.152. The van der Waals surface area contributed by atoms with Crippen LogP contribution in [-0.2, 0) is 6.54 Å². The lowest BCUT2D eigenvalue weighted by atomic mass is 10.3. The fourth-order valence-corrected chi connectivity index (χ4v) is 1.75. The minimum atomic E-state index is -0.657. The van der Waals surface area contributed by atoms with Crippen LogP contribution in [-0.4, -0.2) is 34.5 Å². The summed E-state index contributed by atoms with van der Waals surface area (Å²) in [6.45, 7) is 2.66. The molecule has 0 spiro atoms. The second kappa shape index (κ2) is 7.23. The summed E-state index contributed by atoms with van der Waals surface area (Å²) < 4.78 is 10.4. The number of halogens is 1. The molecule has 0 saturated heterocycles. The lowest BCUT2D eigenvalue weighted by molar-refractivity contribution is 0.105. The fourth-order valence-electron chi connectivity index (χ4n) is 1.56. The first-order valence-corrected chi connectivity index (χ1v) is 6.58. The van der Waals surface area contributed by atoms with Crippen LogP contribution >= 0.6 is 11.6 Å². The van der Waals surface area contributed by atoms with Gasteiger partial charge in [0.1, 0.15) is 18.5 Å². The second-order valence-electron chi connectivity index (χ2n) is 4.26. The predicted molar refractivity (Wildman–Crippen MR) is 73.7 cm³/mol. The predicted octanol–water partition coefficient (Wildman–Crippen LogP) is 1.56. The third-order valence-electron chi connectivity index (χ3n) is 2.49. The van der Waals surface area contributed by atoms with Gasteiger partial charge in [0.2, 0.25) is 5.89 Å². The van der Waals surface area contributed by atoms with Crippen molar-refractivity contribution in [3.8, 4) is 5.75 Å². The van der Waals surface area contributed by atoms with E-state index in [1.807, 2.05) is 12.1 Å². The number of benzene rings is 1. The monoisotopic (exact) mass is 297 g/mol. The van der Waals surface area contributed by atoms with E-state index in [0.717, 1.165) is 0 Å². The van der Waals surface area contributed by atoms with Crippen molar-refractivity contribution in [3.05, 3.63) is 41.0 Å². The molecule has 1 aromatic heterocycles. The average Bonchev–Trinajstić information content (AvgIpc) is 2.83. The van der Waals surface area contributed by atoms with Gasteiger partial charge in [0, 0.05) is 6.54 Å². The van der Waals surface area contributed by atoms with E-state index in [-0.39, 0.29) is 6.61 Å². The number of nitrogens with zero attached hydrogens (tertiary/aromatic N) is 2. The van der Waals surface area contributed by atoms with Crippen molar-refractivity contribution >= 4 is 11.6 Å². The number of hydrogen-bond acceptors (Lipinski definition) is 6. The minimum Gasteiger partial charge on any atom is -0.489 e. The quantitative estimate of drug-likeness (QED) is 0.807. The van der Waals surface area contributed by atoms with Crippen LogP contribution < -0.4 is 10.1 Å². The maximum absolute atomic E-state index is 9.79. The first-order chi connectivity index (χ1) is 9.65. The molecule has 0 aliphatic carbocycles. The summed E-state index contributed by atoms with van der Waals surface area (Å²) in [6.07, 6.45) is -0.657. The second-order valence-corrected chi connectivity index (χ2v) is 4.67. The molecule has 2 rings (SSSR count). The van der Waals surface area contributed by atoms with Crippen molar-refractivity contribution in [2.75, 3.05) is 13.2 Å². The number of nitrogens with one attached hydrogen (secondary N) is 1. The van der Waals surface area contributed by atoms with Gasteiger partial charge in [0.25, 0.3) is 0 Å². The molecule has 0 aliphatic heterocycles. The van der Waals surface area contributed by atoms with Crippen molar-refractivity contribution in [2.24, 2.45) is 0 Å². The van der Waals surface area contributed by atoms with Crippen LogP contribution in [0.15, 0.2) is 28.8 Å². The maximum atomic E-state index is 9.79. The number of ether oxygens (including phenoxy) is 1. The Morgan fingerprint density at radius 2 is 2.25 bits per heavy atom. The number of aryl methyl sites for hydroxylation is 1. The van der Waals surface area contributed by atoms with Crippen molar-refractivity contribution in [1.82, 2.24) is 15.5 Å². The van der Waals surface area contributed by atoms with Crippen LogP contribution in [0.1, 0.15) is 11.7 Å². The van der Waals surface area contributed by atoms with E-state index < -0.39 is 6.10 Å². The molecule has 20 heavy (non-hydrogen) atoms. The topological polar surface area (TPSA) is 80.4 Å². The number of aliphatic hydroxyl groups is 1. The van der Waals surface area contributed by atoms with Gasteiger partial charge in [0.15, 0.2) is 5.82 Å². The Bertz CT molecular complexity index is 547. The number of aliphatic hydroxyl groups excluding tert-OH is 1. The van der Waals surface area contributed by atoms with E-state index in [1.54, 1.807) is 19.1 Å². The Hall–Kier alpha value is -1.63. The third kappa shape index (κ3) is 4.48. The van der Waals surface area contributed by atoms with E-state index in [2.05, 4.69) is 15.5 Å². The SMILES string of the molecule is Cc1noc(CNCC(O)COc2ccccc2Cl)n1. The molecular weight excluding hydrogens is 282 g/mol. The van der Waals surface area contributed by atoms with Crippen LogP contribution in [0.25, 0.3) is 0 Å². The molecule has 1 atom stereocenters. The Morgan fingerprint density at radius 1 is 1.45 bits per heavy atom. The van der Waals surface area contributed by atoms with Crippen LogP contribution in [0, 0.1) is 6.92 Å². The van der Waals surface area contributed by atoms with Crippen molar-refractivity contribution in [1.29, 1.82) is 0 Å². The van der Waals surface area contributed by atoms with E-state index >= 15 is 0 Å². The fraction of sp³-hybridized carbons (Fsp3) is 0.385. The Labute approximate surface area is 121 Å². The Kier molecular flexibility index (Phi) is 5.34. The standard InChI is InChI=1S/C13H16ClN3O3/c1-9-16-13(20-17-9)7-15-6-10(18)8-19-12-5-3-2-4-11(12)14/h2-5,10,15,18H,6-8H2,1H3. The molecule has 0 fully saturated rings. The normalized spacial score (nSPS) is 12.3. The van der Waals surface area contributed by atoms with E-state index in [9.17, 15) is 5.11 Å². The Balaban J connectivity index is 1.68. The molecule has 0 bridgehead atoms. The lowest BCUT2D eigenvalue weighted by Gasteiger charge is -2.13. The highest BCUT2D eigenvalue weighted by Gasteiger charge is 2.08. The zero-order valence-corrected chi connectivity index (χ0v) is 11.8. The van der Waals surface area contributed by atoms with Gasteiger partial charge in [-0.2, -0.15) is 4.98 Å². The van der Waals surface area contributed by atoms with Gasteiger partial charge in [-0.25, -0.2) is 0 Å². The van der Waals surface area contributed by atoms with Crippen LogP contribution in [0.4, 0.5) is 0 Å². The molecule has 108 valence electrons. The lowest BCUT2D eigenvalue weighted by Crippen LogP contribution is -2.31. The molecule has 0 aliphatic rings. The van der Waals surface area contributed by atoms with E-state index in [4.69, 9.17) is 20.9 Å². The van der Waals surface area contributed by atoms with Crippen LogP contribution in [0.5, 0.6) is 5.75 Å². The molecule has 0 radical (unpaired) electrons. The van der Waals surface area contributed by atoms with Gasteiger partial charge in [-0.1, -0.05) is 28.9 Å². The molecule has 1 heterocycles. The summed E-state index contributed by atoms with van der Waals surface area (Å²) in [5.41, 5.74) is 0. The summed E-state index contributed by atoms with van der Waals surface area (Å²) in [6, 6.07) is 7.13. The highest BCUT2D eigenvalue weighted by Crippen LogP contribution is 2.22. The first-order valence-electron chi connectivity index (χ1n) is 6.20. The van der Waals surface area contributed by atoms with Gasteiger partial charge < -0.3 is 19.7 Å². The summed E-state index contributed by atoms with van der Waals surface area (Å²) in [5, 5.41) is 17.0. The summed E-state index contributed by atoms with van der Waals surface area (Å²) >= 11 is 5.94. The molecule has 1 aromatic carbocycles. The van der Waals surface area contributed by atoms with Crippen molar-refractivity contribution in [2.45, 2.75) is 19.6 Å². The van der Waals surface area contributed by atoms with Crippen LogP contribution in [0.2, 0.25) is 5.02 Å². The number of rotatable bonds is 7. The average molecular weight is 298 g/mol. The first kappa shape index (κ1) is 14.8. The summed E-state index contributed by atoms with van der Waals surface area (Å²) in [5.74, 6) is 1.63. The molecule has 2 N–H and O–H groups in total. The molecule has 2 aromatic rings. The molecule has 6 nitrogen and oxygen atoms in total. The zero-order chi connectivity index (χ0) is 14.4. The maximum Gasteiger partial charge on any atom is 0.240 e. The van der Waals surface area contributed by atoms with Gasteiger partial charge in [-0.05, 0) is 19.1 Å².